The summed E-state index contributed by atoms with van der Waals surface area (Å²) in [6.45, 7) is 0.679. The summed E-state index contributed by atoms with van der Waals surface area (Å²) in [5, 5.41) is 20.0. The van der Waals surface area contributed by atoms with Crippen molar-refractivity contribution in [3.05, 3.63) is 54.2 Å². The maximum absolute atomic E-state index is 8.61. The Kier molecular flexibility index (Phi) is 3.70. The van der Waals surface area contributed by atoms with Crippen molar-refractivity contribution in [2.75, 3.05) is 11.9 Å². The van der Waals surface area contributed by atoms with Gasteiger partial charge in [0.25, 0.3) is 0 Å². The number of benzene rings is 2. The molecule has 3 aromatic rings. The summed E-state index contributed by atoms with van der Waals surface area (Å²) in [6, 6.07) is 15.7. The Morgan fingerprint density at radius 2 is 2.14 bits per heavy atom. The summed E-state index contributed by atoms with van der Waals surface area (Å²) in [4.78, 5) is 0. The fourth-order valence-electron chi connectivity index (χ4n) is 2.14. The van der Waals surface area contributed by atoms with Crippen molar-refractivity contribution in [3.63, 3.8) is 0 Å². The molecular formula is C16H14N4O. The van der Waals surface area contributed by atoms with Crippen LogP contribution in [0, 0.1) is 11.3 Å². The standard InChI is InChI=1S/C16H14N4O/c17-7-8-21-16-4-2-1-3-13(16)10-18-14-6-5-12-11-19-20-15(12)9-14/h1-6,9,11,18H,8,10H2,(H,19,20). The van der Waals surface area contributed by atoms with E-state index in [1.54, 1.807) is 6.20 Å². The van der Waals surface area contributed by atoms with Gasteiger partial charge >= 0.3 is 0 Å². The maximum Gasteiger partial charge on any atom is 0.174 e. The molecule has 0 unspecified atom stereocenters. The molecule has 5 heteroatoms. The number of hydrogen-bond donors (Lipinski definition) is 2. The molecule has 0 saturated carbocycles. The minimum atomic E-state index is 0.0527. The van der Waals surface area contributed by atoms with Gasteiger partial charge in [-0.05, 0) is 24.3 Å². The van der Waals surface area contributed by atoms with E-state index in [-0.39, 0.29) is 6.61 Å². The molecule has 2 aromatic carbocycles. The van der Waals surface area contributed by atoms with Gasteiger partial charge in [0.1, 0.15) is 11.8 Å². The second kappa shape index (κ2) is 5.97. The molecule has 0 amide bonds. The summed E-state index contributed by atoms with van der Waals surface area (Å²) in [5.41, 5.74) is 3.01. The van der Waals surface area contributed by atoms with Crippen molar-refractivity contribution in [1.29, 1.82) is 5.26 Å². The van der Waals surface area contributed by atoms with Crippen LogP contribution in [0.4, 0.5) is 5.69 Å². The van der Waals surface area contributed by atoms with Crippen LogP contribution < -0.4 is 10.1 Å². The summed E-state index contributed by atoms with van der Waals surface area (Å²) >= 11 is 0. The number of fused-ring (bicyclic) bond motifs is 1. The van der Waals surface area contributed by atoms with E-state index in [2.05, 4.69) is 15.5 Å². The first-order valence-electron chi connectivity index (χ1n) is 6.61. The van der Waals surface area contributed by atoms with E-state index in [9.17, 15) is 0 Å². The number of aromatic amines is 1. The van der Waals surface area contributed by atoms with E-state index < -0.39 is 0 Å². The van der Waals surface area contributed by atoms with Crippen LogP contribution in [0.15, 0.2) is 48.7 Å². The number of aromatic nitrogens is 2. The highest BCUT2D eigenvalue weighted by Crippen LogP contribution is 2.21. The Morgan fingerprint density at radius 3 is 3.05 bits per heavy atom. The summed E-state index contributed by atoms with van der Waals surface area (Å²) < 4.78 is 5.42. The number of ether oxygens (including phenoxy) is 1. The smallest absolute Gasteiger partial charge is 0.174 e. The molecule has 0 aliphatic heterocycles. The Labute approximate surface area is 122 Å². The van der Waals surface area contributed by atoms with Crippen LogP contribution in [0.3, 0.4) is 0 Å². The zero-order valence-electron chi connectivity index (χ0n) is 11.3. The van der Waals surface area contributed by atoms with Crippen molar-refractivity contribution in [1.82, 2.24) is 10.2 Å². The third kappa shape index (κ3) is 2.95. The van der Waals surface area contributed by atoms with Crippen molar-refractivity contribution in [2.45, 2.75) is 6.54 Å². The predicted molar refractivity (Wildman–Crippen MR) is 81.0 cm³/mol. The summed E-state index contributed by atoms with van der Waals surface area (Å²) in [7, 11) is 0. The van der Waals surface area contributed by atoms with Crippen LogP contribution in [0.1, 0.15) is 5.56 Å². The maximum atomic E-state index is 8.61. The number of anilines is 1. The Bertz CT molecular complexity index is 788. The molecule has 0 fully saturated rings. The molecule has 1 heterocycles. The van der Waals surface area contributed by atoms with Crippen LogP contribution in [-0.2, 0) is 6.54 Å². The molecule has 0 aliphatic carbocycles. The molecule has 21 heavy (non-hydrogen) atoms. The number of nitrogens with one attached hydrogen (secondary N) is 2. The third-order valence-corrected chi connectivity index (χ3v) is 3.19. The number of rotatable bonds is 5. The number of nitrogens with zero attached hydrogens (tertiary/aromatic N) is 2. The molecule has 0 saturated heterocycles. The van der Waals surface area contributed by atoms with Gasteiger partial charge in [0, 0.05) is 23.2 Å². The number of hydrogen-bond acceptors (Lipinski definition) is 4. The average molecular weight is 278 g/mol. The largest absolute Gasteiger partial charge is 0.478 e. The molecule has 1 aromatic heterocycles. The quantitative estimate of drug-likeness (QED) is 0.752. The van der Waals surface area contributed by atoms with Crippen molar-refractivity contribution in [3.8, 4) is 11.8 Å². The predicted octanol–water partition coefficient (Wildman–Crippen LogP) is 3.08. The van der Waals surface area contributed by atoms with Crippen LogP contribution in [0.2, 0.25) is 0 Å². The van der Waals surface area contributed by atoms with Crippen LogP contribution >= 0.6 is 0 Å². The molecular weight excluding hydrogens is 264 g/mol. The second-order valence-corrected chi connectivity index (χ2v) is 4.58. The van der Waals surface area contributed by atoms with Gasteiger partial charge in [-0.15, -0.1) is 0 Å². The molecule has 5 nitrogen and oxygen atoms in total. The number of H-pyrrole nitrogens is 1. The molecule has 0 spiro atoms. The van der Waals surface area contributed by atoms with Crippen LogP contribution in [0.25, 0.3) is 10.9 Å². The zero-order valence-corrected chi connectivity index (χ0v) is 11.3. The van der Waals surface area contributed by atoms with E-state index in [4.69, 9.17) is 10.00 Å². The molecule has 104 valence electrons. The van der Waals surface area contributed by atoms with Crippen molar-refractivity contribution >= 4 is 16.6 Å². The lowest BCUT2D eigenvalue weighted by Crippen LogP contribution is -2.03. The minimum absolute atomic E-state index is 0.0527. The highest BCUT2D eigenvalue weighted by atomic mass is 16.5. The Hall–Kier alpha value is -3.00. The van der Waals surface area contributed by atoms with Gasteiger partial charge in [-0.25, -0.2) is 0 Å². The second-order valence-electron chi connectivity index (χ2n) is 4.58. The Morgan fingerprint density at radius 1 is 1.24 bits per heavy atom. The number of nitriles is 1. The topological polar surface area (TPSA) is 73.7 Å². The lowest BCUT2D eigenvalue weighted by molar-refractivity contribution is 0.364. The first-order valence-corrected chi connectivity index (χ1v) is 6.61. The first-order chi connectivity index (χ1) is 10.4. The van der Waals surface area contributed by atoms with Crippen LogP contribution in [-0.4, -0.2) is 16.8 Å². The lowest BCUT2D eigenvalue weighted by Gasteiger charge is -2.11. The fourth-order valence-corrected chi connectivity index (χ4v) is 2.14. The molecule has 0 bridgehead atoms. The zero-order chi connectivity index (χ0) is 14.5. The molecule has 2 N–H and O–H groups in total. The lowest BCUT2D eigenvalue weighted by atomic mass is 10.2. The first kappa shape index (κ1) is 13.0. The van der Waals surface area contributed by atoms with Gasteiger partial charge in [-0.2, -0.15) is 10.4 Å². The van der Waals surface area contributed by atoms with Gasteiger partial charge in [-0.3, -0.25) is 5.10 Å². The van der Waals surface area contributed by atoms with Gasteiger partial charge < -0.3 is 10.1 Å². The van der Waals surface area contributed by atoms with E-state index in [1.807, 2.05) is 48.5 Å². The van der Waals surface area contributed by atoms with E-state index in [0.717, 1.165) is 27.9 Å². The van der Waals surface area contributed by atoms with Gasteiger partial charge in [-0.1, -0.05) is 18.2 Å². The van der Waals surface area contributed by atoms with Gasteiger partial charge in [0.2, 0.25) is 0 Å². The molecule has 3 rings (SSSR count). The van der Waals surface area contributed by atoms with E-state index in [0.29, 0.717) is 6.54 Å². The SMILES string of the molecule is N#CCOc1ccccc1CNc1ccc2cn[nH]c2c1. The molecule has 0 atom stereocenters. The van der Waals surface area contributed by atoms with E-state index in [1.165, 1.54) is 0 Å². The number of para-hydroxylation sites is 1. The van der Waals surface area contributed by atoms with E-state index >= 15 is 0 Å². The normalized spacial score (nSPS) is 10.2. The molecule has 0 aliphatic rings. The van der Waals surface area contributed by atoms with Crippen molar-refractivity contribution in [2.24, 2.45) is 0 Å². The fraction of sp³-hybridized carbons (Fsp3) is 0.125. The molecule has 0 radical (unpaired) electrons. The minimum Gasteiger partial charge on any atom is -0.478 e. The average Bonchev–Trinajstić information content (AvgIpc) is 2.99. The third-order valence-electron chi connectivity index (χ3n) is 3.19. The van der Waals surface area contributed by atoms with Gasteiger partial charge in [0.05, 0.1) is 11.7 Å². The van der Waals surface area contributed by atoms with Crippen molar-refractivity contribution < 1.29 is 4.74 Å². The highest BCUT2D eigenvalue weighted by molar-refractivity contribution is 5.81. The van der Waals surface area contributed by atoms with Gasteiger partial charge in [0.15, 0.2) is 6.61 Å². The highest BCUT2D eigenvalue weighted by Gasteiger charge is 2.03. The van der Waals surface area contributed by atoms with Crippen LogP contribution in [0.5, 0.6) is 5.75 Å². The summed E-state index contributed by atoms with van der Waals surface area (Å²) in [6.07, 6.45) is 1.80. The Balaban J connectivity index is 1.73. The monoisotopic (exact) mass is 278 g/mol. The summed E-state index contributed by atoms with van der Waals surface area (Å²) in [5.74, 6) is 0.731.